The van der Waals surface area contributed by atoms with Crippen LogP contribution in [0.3, 0.4) is 0 Å². The van der Waals surface area contributed by atoms with Gasteiger partial charge in [-0.05, 0) is 35.7 Å². The lowest BCUT2D eigenvalue weighted by Gasteiger charge is -2.52. The molecule has 1 aliphatic carbocycles. The molecule has 1 saturated carbocycles. The van der Waals surface area contributed by atoms with E-state index in [9.17, 15) is 0 Å². The van der Waals surface area contributed by atoms with Gasteiger partial charge in [0.15, 0.2) is 0 Å². The van der Waals surface area contributed by atoms with Crippen molar-refractivity contribution in [2.75, 3.05) is 7.11 Å². The predicted molar refractivity (Wildman–Crippen MR) is 88.5 cm³/mol. The van der Waals surface area contributed by atoms with Gasteiger partial charge < -0.3 is 10.1 Å². The first-order valence-corrected chi connectivity index (χ1v) is 7.80. The number of rotatable bonds is 4. The van der Waals surface area contributed by atoms with Gasteiger partial charge in [-0.15, -0.1) is 0 Å². The summed E-state index contributed by atoms with van der Waals surface area (Å²) < 4.78 is 5.54. The largest absolute Gasteiger partial charge is 0.381 e. The van der Waals surface area contributed by atoms with Gasteiger partial charge in [-0.2, -0.15) is 0 Å². The summed E-state index contributed by atoms with van der Waals surface area (Å²) in [5.41, 5.74) is 1.56. The molecule has 2 aromatic carbocycles. The highest BCUT2D eigenvalue weighted by molar-refractivity contribution is 5.83. The van der Waals surface area contributed by atoms with Crippen molar-refractivity contribution in [3.63, 3.8) is 0 Å². The Balaban J connectivity index is 1.74. The Bertz CT molecular complexity index is 634. The second-order valence-electron chi connectivity index (χ2n) is 6.83. The van der Waals surface area contributed by atoms with Gasteiger partial charge in [0.2, 0.25) is 0 Å². The Labute approximate surface area is 127 Å². The van der Waals surface area contributed by atoms with E-state index in [4.69, 9.17) is 4.74 Å². The normalized spacial score (nSPS) is 25.5. The van der Waals surface area contributed by atoms with Crippen LogP contribution >= 0.6 is 0 Å². The van der Waals surface area contributed by atoms with Gasteiger partial charge in [-0.3, -0.25) is 0 Å². The smallest absolute Gasteiger partial charge is 0.0652 e. The lowest BCUT2D eigenvalue weighted by molar-refractivity contribution is -0.0999. The van der Waals surface area contributed by atoms with Crippen LogP contribution in [0.5, 0.6) is 0 Å². The molecule has 3 rings (SSSR count). The van der Waals surface area contributed by atoms with Crippen LogP contribution in [0.15, 0.2) is 42.5 Å². The van der Waals surface area contributed by atoms with Crippen LogP contribution in [0.1, 0.15) is 38.8 Å². The molecule has 3 atom stereocenters. The number of hydrogen-bond acceptors (Lipinski definition) is 2. The van der Waals surface area contributed by atoms with Crippen LogP contribution in [-0.4, -0.2) is 19.3 Å². The first-order chi connectivity index (χ1) is 10.0. The molecule has 0 heterocycles. The van der Waals surface area contributed by atoms with Crippen molar-refractivity contribution >= 4 is 10.8 Å². The molecule has 0 aromatic heterocycles. The summed E-state index contributed by atoms with van der Waals surface area (Å²) in [6, 6.07) is 16.2. The molecule has 0 amide bonds. The standard InChI is InChI=1S/C19H25NO/c1-13(20-17-12-18(21-4)19(17,2)3)15-10-9-14-7-5-6-8-16(14)11-15/h5-11,13,17-18,20H,12H2,1-4H3. The van der Waals surface area contributed by atoms with E-state index in [1.165, 1.54) is 16.3 Å². The van der Waals surface area contributed by atoms with Crippen molar-refractivity contribution < 1.29 is 4.74 Å². The zero-order valence-electron chi connectivity index (χ0n) is 13.4. The topological polar surface area (TPSA) is 21.3 Å². The van der Waals surface area contributed by atoms with Gasteiger partial charge in [0.1, 0.15) is 0 Å². The van der Waals surface area contributed by atoms with Crippen molar-refractivity contribution in [2.45, 2.75) is 45.4 Å². The van der Waals surface area contributed by atoms with E-state index in [0.29, 0.717) is 18.2 Å². The van der Waals surface area contributed by atoms with Gasteiger partial charge in [-0.25, -0.2) is 0 Å². The molecule has 1 N–H and O–H groups in total. The molecular weight excluding hydrogens is 258 g/mol. The summed E-state index contributed by atoms with van der Waals surface area (Å²) in [6.07, 6.45) is 1.47. The molecule has 0 aliphatic heterocycles. The molecule has 0 spiro atoms. The van der Waals surface area contributed by atoms with Crippen LogP contribution < -0.4 is 5.32 Å². The van der Waals surface area contributed by atoms with Crippen molar-refractivity contribution in [3.05, 3.63) is 48.0 Å². The number of methoxy groups -OCH3 is 1. The molecule has 2 nitrogen and oxygen atoms in total. The van der Waals surface area contributed by atoms with Gasteiger partial charge >= 0.3 is 0 Å². The zero-order chi connectivity index (χ0) is 15.0. The van der Waals surface area contributed by atoms with Crippen molar-refractivity contribution in [1.29, 1.82) is 0 Å². The van der Waals surface area contributed by atoms with Crippen LogP contribution in [0.25, 0.3) is 10.8 Å². The maximum atomic E-state index is 5.54. The summed E-state index contributed by atoms with van der Waals surface area (Å²) in [7, 11) is 1.81. The summed E-state index contributed by atoms with van der Waals surface area (Å²) in [5, 5.41) is 6.39. The third-order valence-electron chi connectivity index (χ3n) is 5.19. The first kappa shape index (κ1) is 14.6. The molecule has 112 valence electrons. The lowest BCUT2D eigenvalue weighted by atomic mass is 9.64. The van der Waals surface area contributed by atoms with Crippen LogP contribution in [0.4, 0.5) is 0 Å². The second kappa shape index (κ2) is 5.43. The average molecular weight is 283 g/mol. The first-order valence-electron chi connectivity index (χ1n) is 7.80. The summed E-state index contributed by atoms with van der Waals surface area (Å²) >= 11 is 0. The Hall–Kier alpha value is -1.38. The van der Waals surface area contributed by atoms with Crippen molar-refractivity contribution in [3.8, 4) is 0 Å². The Morgan fingerprint density at radius 2 is 1.86 bits per heavy atom. The number of benzene rings is 2. The maximum absolute atomic E-state index is 5.54. The Morgan fingerprint density at radius 3 is 2.52 bits per heavy atom. The Morgan fingerprint density at radius 1 is 1.14 bits per heavy atom. The Kier molecular flexibility index (Phi) is 3.76. The highest BCUT2D eigenvalue weighted by atomic mass is 16.5. The molecule has 2 heteroatoms. The molecular formula is C19H25NO. The minimum absolute atomic E-state index is 0.208. The van der Waals surface area contributed by atoms with E-state index in [2.05, 4.69) is 68.6 Å². The minimum Gasteiger partial charge on any atom is -0.381 e. The van der Waals surface area contributed by atoms with Crippen LogP contribution in [0, 0.1) is 5.41 Å². The summed E-state index contributed by atoms with van der Waals surface area (Å²) in [6.45, 7) is 6.82. The average Bonchev–Trinajstić information content (AvgIpc) is 2.50. The van der Waals surface area contributed by atoms with E-state index in [-0.39, 0.29) is 5.41 Å². The van der Waals surface area contributed by atoms with E-state index in [0.717, 1.165) is 6.42 Å². The van der Waals surface area contributed by atoms with Gasteiger partial charge in [0, 0.05) is 24.6 Å². The summed E-state index contributed by atoms with van der Waals surface area (Å²) in [4.78, 5) is 0. The number of fused-ring (bicyclic) bond motifs is 1. The third-order valence-corrected chi connectivity index (χ3v) is 5.19. The van der Waals surface area contributed by atoms with Crippen LogP contribution in [-0.2, 0) is 4.74 Å². The van der Waals surface area contributed by atoms with E-state index in [1.807, 2.05) is 7.11 Å². The fourth-order valence-corrected chi connectivity index (χ4v) is 3.44. The molecule has 1 aliphatic rings. The predicted octanol–water partition coefficient (Wildman–Crippen LogP) is 4.30. The highest BCUT2D eigenvalue weighted by Crippen LogP contribution is 2.43. The molecule has 0 bridgehead atoms. The molecule has 2 aromatic rings. The van der Waals surface area contributed by atoms with Crippen molar-refractivity contribution in [2.24, 2.45) is 5.41 Å². The monoisotopic (exact) mass is 283 g/mol. The fraction of sp³-hybridized carbons (Fsp3) is 0.474. The van der Waals surface area contributed by atoms with E-state index < -0.39 is 0 Å². The zero-order valence-corrected chi connectivity index (χ0v) is 13.4. The number of ether oxygens (including phenoxy) is 1. The molecule has 0 saturated heterocycles. The summed E-state index contributed by atoms with van der Waals surface area (Å²) in [5.74, 6) is 0. The molecule has 1 fully saturated rings. The molecule has 3 unspecified atom stereocenters. The lowest BCUT2D eigenvalue weighted by Crippen LogP contribution is -2.60. The van der Waals surface area contributed by atoms with E-state index >= 15 is 0 Å². The molecule has 21 heavy (non-hydrogen) atoms. The number of nitrogens with one attached hydrogen (secondary N) is 1. The fourth-order valence-electron chi connectivity index (χ4n) is 3.44. The minimum atomic E-state index is 0.208. The van der Waals surface area contributed by atoms with Gasteiger partial charge in [-0.1, -0.05) is 50.2 Å². The maximum Gasteiger partial charge on any atom is 0.0652 e. The van der Waals surface area contributed by atoms with Gasteiger partial charge in [0.05, 0.1) is 6.10 Å². The van der Waals surface area contributed by atoms with Crippen LogP contribution in [0.2, 0.25) is 0 Å². The highest BCUT2D eigenvalue weighted by Gasteiger charge is 2.48. The van der Waals surface area contributed by atoms with Gasteiger partial charge in [0.25, 0.3) is 0 Å². The van der Waals surface area contributed by atoms with Crippen molar-refractivity contribution in [1.82, 2.24) is 5.32 Å². The molecule has 0 radical (unpaired) electrons. The SMILES string of the molecule is COC1CC(NC(C)c2ccc3ccccc3c2)C1(C)C. The second-order valence-corrected chi connectivity index (χ2v) is 6.83. The third kappa shape index (κ3) is 2.58. The van der Waals surface area contributed by atoms with E-state index in [1.54, 1.807) is 0 Å². The number of hydrogen-bond donors (Lipinski definition) is 1. The quantitative estimate of drug-likeness (QED) is 0.903.